The number of hydrogen-bond acceptors (Lipinski definition) is 2. The molecule has 100 valence electrons. The number of nitrogens with one attached hydrogen (secondary N) is 1. The van der Waals surface area contributed by atoms with E-state index in [1.54, 1.807) is 0 Å². The Labute approximate surface area is 107 Å². The zero-order chi connectivity index (χ0) is 11.9. The van der Waals surface area contributed by atoms with Crippen LogP contribution in [0, 0.1) is 5.92 Å². The van der Waals surface area contributed by atoms with Crippen LogP contribution >= 0.6 is 0 Å². The lowest BCUT2D eigenvalue weighted by molar-refractivity contribution is 0.150. The molecule has 0 aromatic heterocycles. The fourth-order valence-electron chi connectivity index (χ4n) is 3.56. The predicted molar refractivity (Wildman–Crippen MR) is 74.3 cm³/mol. The van der Waals surface area contributed by atoms with Crippen LogP contribution in [0.3, 0.4) is 0 Å². The van der Waals surface area contributed by atoms with Gasteiger partial charge in [-0.1, -0.05) is 26.2 Å². The average molecular weight is 238 g/mol. The number of nitrogens with zero attached hydrogens (tertiary/aromatic N) is 1. The molecule has 0 spiro atoms. The Bertz CT molecular complexity index is 193. The first-order chi connectivity index (χ1) is 8.40. The number of hydrogen-bond donors (Lipinski definition) is 1. The van der Waals surface area contributed by atoms with E-state index in [1.165, 1.54) is 77.5 Å². The molecule has 1 saturated heterocycles. The van der Waals surface area contributed by atoms with Gasteiger partial charge in [-0.3, -0.25) is 0 Å². The molecule has 0 aromatic rings. The first-order valence-corrected chi connectivity index (χ1v) is 7.85. The minimum Gasteiger partial charge on any atom is -0.316 e. The quantitative estimate of drug-likeness (QED) is 0.792. The van der Waals surface area contributed by atoms with Crippen LogP contribution in [0.1, 0.15) is 58.3 Å². The fourth-order valence-corrected chi connectivity index (χ4v) is 3.56. The van der Waals surface area contributed by atoms with Crippen LogP contribution in [-0.2, 0) is 0 Å². The Kier molecular flexibility index (Phi) is 5.79. The second-order valence-electron chi connectivity index (χ2n) is 5.92. The lowest BCUT2D eigenvalue weighted by Gasteiger charge is -2.35. The van der Waals surface area contributed by atoms with Crippen molar-refractivity contribution in [3.63, 3.8) is 0 Å². The lowest BCUT2D eigenvalue weighted by atomic mass is 9.92. The van der Waals surface area contributed by atoms with Gasteiger partial charge in [-0.2, -0.15) is 0 Å². The van der Waals surface area contributed by atoms with Crippen molar-refractivity contribution in [2.24, 2.45) is 5.92 Å². The topological polar surface area (TPSA) is 15.3 Å². The molecule has 2 heteroatoms. The van der Waals surface area contributed by atoms with Crippen LogP contribution in [-0.4, -0.2) is 37.1 Å². The van der Waals surface area contributed by atoms with Crippen molar-refractivity contribution < 1.29 is 0 Å². The van der Waals surface area contributed by atoms with E-state index in [0.717, 1.165) is 12.0 Å². The molecule has 2 rings (SSSR count). The molecule has 2 aliphatic rings. The Morgan fingerprint density at radius 3 is 2.53 bits per heavy atom. The Morgan fingerprint density at radius 2 is 1.88 bits per heavy atom. The summed E-state index contributed by atoms with van der Waals surface area (Å²) >= 11 is 0. The molecule has 1 unspecified atom stereocenters. The molecular formula is C15H30N2. The first-order valence-electron chi connectivity index (χ1n) is 7.85. The highest BCUT2D eigenvalue weighted by molar-refractivity contribution is 4.77. The van der Waals surface area contributed by atoms with E-state index in [1.807, 2.05) is 0 Å². The zero-order valence-corrected chi connectivity index (χ0v) is 11.6. The van der Waals surface area contributed by atoms with Gasteiger partial charge in [-0.15, -0.1) is 0 Å². The van der Waals surface area contributed by atoms with Gasteiger partial charge in [-0.05, 0) is 64.2 Å². The third kappa shape index (κ3) is 4.26. The van der Waals surface area contributed by atoms with Crippen molar-refractivity contribution in [3.05, 3.63) is 0 Å². The molecular weight excluding hydrogens is 208 g/mol. The lowest BCUT2D eigenvalue weighted by Crippen LogP contribution is -2.39. The summed E-state index contributed by atoms with van der Waals surface area (Å²) in [4.78, 5) is 2.76. The van der Waals surface area contributed by atoms with Gasteiger partial charge < -0.3 is 10.2 Å². The van der Waals surface area contributed by atoms with Gasteiger partial charge in [0.2, 0.25) is 0 Å². The molecule has 1 aliphatic carbocycles. The van der Waals surface area contributed by atoms with Crippen molar-refractivity contribution >= 4 is 0 Å². The molecule has 17 heavy (non-hydrogen) atoms. The van der Waals surface area contributed by atoms with Gasteiger partial charge in [0.1, 0.15) is 0 Å². The molecule has 0 radical (unpaired) electrons. The maximum absolute atomic E-state index is 3.54. The van der Waals surface area contributed by atoms with Crippen molar-refractivity contribution in [1.82, 2.24) is 10.2 Å². The van der Waals surface area contributed by atoms with Crippen LogP contribution in [0.5, 0.6) is 0 Å². The molecule has 0 bridgehead atoms. The van der Waals surface area contributed by atoms with E-state index >= 15 is 0 Å². The van der Waals surface area contributed by atoms with Crippen molar-refractivity contribution in [2.75, 3.05) is 26.2 Å². The maximum Gasteiger partial charge on any atom is 0.00951 e. The van der Waals surface area contributed by atoms with Gasteiger partial charge >= 0.3 is 0 Å². The second kappa shape index (κ2) is 7.38. The third-order valence-corrected chi connectivity index (χ3v) is 4.72. The highest BCUT2D eigenvalue weighted by Gasteiger charge is 2.21. The minimum absolute atomic E-state index is 0.908. The van der Waals surface area contributed by atoms with Crippen molar-refractivity contribution in [2.45, 2.75) is 64.3 Å². The second-order valence-corrected chi connectivity index (χ2v) is 5.92. The summed E-state index contributed by atoms with van der Waals surface area (Å²) < 4.78 is 0. The largest absolute Gasteiger partial charge is 0.316 e. The van der Waals surface area contributed by atoms with E-state index in [-0.39, 0.29) is 0 Å². The molecule has 0 aromatic carbocycles. The summed E-state index contributed by atoms with van der Waals surface area (Å²) in [5.74, 6) is 0.946. The Hall–Kier alpha value is -0.0800. The summed E-state index contributed by atoms with van der Waals surface area (Å²) in [7, 11) is 0. The highest BCUT2D eigenvalue weighted by Crippen LogP contribution is 2.23. The molecule has 1 aliphatic heterocycles. The molecule has 1 saturated carbocycles. The SMILES string of the molecule is CCN(CCC1CCCNC1)C1CCCCC1. The number of rotatable bonds is 5. The summed E-state index contributed by atoms with van der Waals surface area (Å²) in [5.41, 5.74) is 0. The van der Waals surface area contributed by atoms with E-state index < -0.39 is 0 Å². The summed E-state index contributed by atoms with van der Waals surface area (Å²) in [6.45, 7) is 7.45. The normalized spacial score (nSPS) is 27.5. The Morgan fingerprint density at radius 1 is 1.06 bits per heavy atom. The molecule has 2 nitrogen and oxygen atoms in total. The predicted octanol–water partition coefficient (Wildman–Crippen LogP) is 3.03. The fraction of sp³-hybridized carbons (Fsp3) is 1.00. The zero-order valence-electron chi connectivity index (χ0n) is 11.6. The molecule has 1 atom stereocenters. The van der Waals surface area contributed by atoms with Gasteiger partial charge in [-0.25, -0.2) is 0 Å². The standard InChI is InChI=1S/C15H30N2/c1-2-17(15-8-4-3-5-9-15)12-10-14-7-6-11-16-13-14/h14-16H,2-13H2,1H3. The smallest absolute Gasteiger partial charge is 0.00951 e. The maximum atomic E-state index is 3.54. The first kappa shape index (κ1) is 13.4. The summed E-state index contributed by atoms with van der Waals surface area (Å²) in [5, 5.41) is 3.54. The van der Waals surface area contributed by atoms with Gasteiger partial charge in [0.05, 0.1) is 0 Å². The van der Waals surface area contributed by atoms with Gasteiger partial charge in [0, 0.05) is 6.04 Å². The van der Waals surface area contributed by atoms with Gasteiger partial charge in [0.25, 0.3) is 0 Å². The van der Waals surface area contributed by atoms with Crippen molar-refractivity contribution in [1.29, 1.82) is 0 Å². The van der Waals surface area contributed by atoms with E-state index in [0.29, 0.717) is 0 Å². The monoisotopic (exact) mass is 238 g/mol. The third-order valence-electron chi connectivity index (χ3n) is 4.72. The van der Waals surface area contributed by atoms with E-state index in [9.17, 15) is 0 Å². The highest BCUT2D eigenvalue weighted by atomic mass is 15.1. The van der Waals surface area contributed by atoms with Gasteiger partial charge in [0.15, 0.2) is 0 Å². The average Bonchev–Trinajstić information content (AvgIpc) is 2.42. The molecule has 1 N–H and O–H groups in total. The minimum atomic E-state index is 0.908. The van der Waals surface area contributed by atoms with E-state index in [2.05, 4.69) is 17.1 Å². The van der Waals surface area contributed by atoms with Crippen LogP contribution in [0.25, 0.3) is 0 Å². The van der Waals surface area contributed by atoms with Crippen LogP contribution in [0.15, 0.2) is 0 Å². The van der Waals surface area contributed by atoms with Crippen molar-refractivity contribution in [3.8, 4) is 0 Å². The molecule has 1 heterocycles. The summed E-state index contributed by atoms with van der Waals surface area (Å²) in [6, 6.07) is 0.908. The summed E-state index contributed by atoms with van der Waals surface area (Å²) in [6.07, 6.45) is 11.6. The van der Waals surface area contributed by atoms with Crippen LogP contribution in [0.2, 0.25) is 0 Å². The Balaban J connectivity index is 1.70. The van der Waals surface area contributed by atoms with Crippen LogP contribution in [0.4, 0.5) is 0 Å². The molecule has 2 fully saturated rings. The molecule has 0 amide bonds. The van der Waals surface area contributed by atoms with Crippen LogP contribution < -0.4 is 5.32 Å². The number of piperidine rings is 1. The van der Waals surface area contributed by atoms with E-state index in [4.69, 9.17) is 0 Å².